The van der Waals surface area contributed by atoms with Crippen LogP contribution in [0, 0.1) is 0 Å². The van der Waals surface area contributed by atoms with Gasteiger partial charge < -0.3 is 4.74 Å². The van der Waals surface area contributed by atoms with Crippen LogP contribution in [-0.4, -0.2) is 30.7 Å². The number of alkyl halides is 3. The lowest BCUT2D eigenvalue weighted by atomic mass is 10.1. The molecule has 1 unspecified atom stereocenters. The molecule has 1 aromatic rings. The van der Waals surface area contributed by atoms with Gasteiger partial charge in [0.2, 0.25) is 9.84 Å². The Hall–Kier alpha value is -2.08. The summed E-state index contributed by atoms with van der Waals surface area (Å²) in [5, 5.41) is -2.24. The van der Waals surface area contributed by atoms with E-state index in [2.05, 4.69) is 15.2 Å². The Balaban J connectivity index is 2.72. The highest BCUT2D eigenvalue weighted by Crippen LogP contribution is 2.37. The van der Waals surface area contributed by atoms with E-state index in [1.807, 2.05) is 0 Å². The molecule has 0 amide bonds. The summed E-state index contributed by atoms with van der Waals surface area (Å²) >= 11 is 0. The van der Waals surface area contributed by atoms with Crippen molar-refractivity contribution in [3.63, 3.8) is 0 Å². The molecule has 0 aromatic carbocycles. The number of aromatic nitrogens is 2. The summed E-state index contributed by atoms with van der Waals surface area (Å²) in [6, 6.07) is -0.585. The second kappa shape index (κ2) is 6.27. The molecule has 1 atom stereocenters. The van der Waals surface area contributed by atoms with Crippen molar-refractivity contribution in [1.29, 1.82) is 0 Å². The first-order chi connectivity index (χ1) is 11.7. The SMILES string of the molecule is COc1nc(C(F)(F)F)c(C(C)S(=O)(=O)C2=CC(C)(C)ON2)c(=O)n1C. The molecule has 0 aliphatic carbocycles. The highest BCUT2D eigenvalue weighted by molar-refractivity contribution is 7.95. The highest BCUT2D eigenvalue weighted by Gasteiger charge is 2.44. The van der Waals surface area contributed by atoms with Gasteiger partial charge in [-0.3, -0.25) is 19.7 Å². The number of ether oxygens (including phenoxy) is 1. The van der Waals surface area contributed by atoms with Crippen LogP contribution in [0.4, 0.5) is 13.2 Å². The van der Waals surface area contributed by atoms with Crippen LogP contribution in [-0.2, 0) is 27.9 Å². The van der Waals surface area contributed by atoms with Crippen molar-refractivity contribution >= 4 is 9.84 Å². The van der Waals surface area contributed by atoms with Crippen molar-refractivity contribution in [2.75, 3.05) is 7.11 Å². The number of hydrogen-bond donors (Lipinski definition) is 1. The van der Waals surface area contributed by atoms with Gasteiger partial charge in [0, 0.05) is 7.05 Å². The van der Waals surface area contributed by atoms with E-state index in [-0.39, 0.29) is 0 Å². The molecule has 8 nitrogen and oxygen atoms in total. The Kier molecular flexibility index (Phi) is 4.88. The van der Waals surface area contributed by atoms with E-state index in [0.29, 0.717) is 4.57 Å². The normalized spacial score (nSPS) is 18.2. The molecule has 26 heavy (non-hydrogen) atoms. The molecule has 0 saturated carbocycles. The zero-order valence-corrected chi connectivity index (χ0v) is 15.4. The van der Waals surface area contributed by atoms with Gasteiger partial charge in [0.15, 0.2) is 10.7 Å². The average Bonchev–Trinajstić information content (AvgIpc) is 2.88. The van der Waals surface area contributed by atoms with Gasteiger partial charge in [0.1, 0.15) is 5.60 Å². The van der Waals surface area contributed by atoms with Crippen molar-refractivity contribution in [3.05, 3.63) is 32.7 Å². The molecule has 1 aliphatic heterocycles. The molecule has 12 heteroatoms. The fraction of sp³-hybridized carbons (Fsp3) is 0.571. The lowest BCUT2D eigenvalue weighted by Crippen LogP contribution is -2.33. The summed E-state index contributed by atoms with van der Waals surface area (Å²) in [4.78, 5) is 20.8. The second-order valence-electron chi connectivity index (χ2n) is 6.23. The predicted octanol–water partition coefficient (Wildman–Crippen LogP) is 1.44. The number of nitrogens with one attached hydrogen (secondary N) is 1. The third-order valence-electron chi connectivity index (χ3n) is 3.81. The van der Waals surface area contributed by atoms with E-state index < -0.39 is 54.7 Å². The fourth-order valence-corrected chi connectivity index (χ4v) is 3.92. The quantitative estimate of drug-likeness (QED) is 0.821. The first kappa shape index (κ1) is 20.2. The van der Waals surface area contributed by atoms with Gasteiger partial charge in [0.25, 0.3) is 11.6 Å². The summed E-state index contributed by atoms with van der Waals surface area (Å²) in [7, 11) is -2.19. The van der Waals surface area contributed by atoms with Crippen LogP contribution in [0.15, 0.2) is 15.9 Å². The van der Waals surface area contributed by atoms with Crippen LogP contribution in [0.3, 0.4) is 0 Å². The first-order valence-electron chi connectivity index (χ1n) is 7.35. The minimum Gasteiger partial charge on any atom is -0.468 e. The molecular formula is C14H18F3N3O5S. The topological polar surface area (TPSA) is 99.5 Å². The van der Waals surface area contributed by atoms with E-state index in [1.165, 1.54) is 6.08 Å². The minimum absolute atomic E-state index is 0.416. The second-order valence-corrected chi connectivity index (χ2v) is 8.46. The largest absolute Gasteiger partial charge is 0.468 e. The monoisotopic (exact) mass is 397 g/mol. The number of nitrogens with zero attached hydrogens (tertiary/aromatic N) is 2. The third-order valence-corrected chi connectivity index (χ3v) is 5.79. The molecule has 1 aromatic heterocycles. The molecule has 0 spiro atoms. The maximum absolute atomic E-state index is 13.4. The van der Waals surface area contributed by atoms with Crippen LogP contribution in [0.1, 0.15) is 37.3 Å². The van der Waals surface area contributed by atoms with Gasteiger partial charge in [-0.2, -0.15) is 18.2 Å². The summed E-state index contributed by atoms with van der Waals surface area (Å²) in [5.41, 5.74) is -2.55. The van der Waals surface area contributed by atoms with Gasteiger partial charge in [-0.1, -0.05) is 0 Å². The summed E-state index contributed by atoms with van der Waals surface area (Å²) < 4.78 is 71.1. The first-order valence-corrected chi connectivity index (χ1v) is 8.90. The molecule has 146 valence electrons. The Morgan fingerprint density at radius 2 is 1.96 bits per heavy atom. The Morgan fingerprint density at radius 1 is 1.38 bits per heavy atom. The number of sulfone groups is 1. The zero-order chi connectivity index (χ0) is 20.1. The van der Waals surface area contributed by atoms with E-state index in [0.717, 1.165) is 21.1 Å². The Morgan fingerprint density at radius 3 is 2.38 bits per heavy atom. The van der Waals surface area contributed by atoms with Gasteiger partial charge in [-0.05, 0) is 26.8 Å². The number of rotatable bonds is 4. The van der Waals surface area contributed by atoms with Crippen molar-refractivity contribution in [2.24, 2.45) is 7.05 Å². The van der Waals surface area contributed by atoms with E-state index in [4.69, 9.17) is 4.84 Å². The van der Waals surface area contributed by atoms with Crippen molar-refractivity contribution in [3.8, 4) is 6.01 Å². The lowest BCUT2D eigenvalue weighted by molar-refractivity contribution is -0.142. The predicted molar refractivity (Wildman–Crippen MR) is 84.7 cm³/mol. The van der Waals surface area contributed by atoms with Crippen LogP contribution >= 0.6 is 0 Å². The standard InChI is InChI=1S/C14H18F3N3O5S/c1-7(26(22,23)8-6-13(2,3)25-19-8)9-10(14(15,16)17)18-12(24-5)20(4)11(9)21/h6-7,19H,1-5H3. The Labute approximate surface area is 147 Å². The number of hydroxylamine groups is 1. The number of methoxy groups -OCH3 is 1. The molecule has 0 fully saturated rings. The number of halogens is 3. The summed E-state index contributed by atoms with van der Waals surface area (Å²) in [6.07, 6.45) is -3.83. The Bertz CT molecular complexity index is 919. The highest BCUT2D eigenvalue weighted by atomic mass is 32.2. The maximum atomic E-state index is 13.4. The van der Waals surface area contributed by atoms with Crippen molar-refractivity contribution < 1.29 is 31.2 Å². The molecule has 1 aliphatic rings. The minimum atomic E-state index is -5.05. The summed E-state index contributed by atoms with van der Waals surface area (Å²) in [5.74, 6) is 0. The van der Waals surface area contributed by atoms with Crippen LogP contribution in [0.25, 0.3) is 0 Å². The lowest BCUT2D eigenvalue weighted by Gasteiger charge is -2.19. The van der Waals surface area contributed by atoms with Gasteiger partial charge in [-0.25, -0.2) is 8.42 Å². The van der Waals surface area contributed by atoms with E-state index in [9.17, 15) is 26.4 Å². The van der Waals surface area contributed by atoms with Gasteiger partial charge in [-0.15, -0.1) is 0 Å². The van der Waals surface area contributed by atoms with Gasteiger partial charge >= 0.3 is 6.18 Å². The van der Waals surface area contributed by atoms with E-state index in [1.54, 1.807) is 13.8 Å². The molecule has 0 radical (unpaired) electrons. The maximum Gasteiger partial charge on any atom is 0.434 e. The molecule has 0 saturated heterocycles. The van der Waals surface area contributed by atoms with Crippen molar-refractivity contribution in [2.45, 2.75) is 37.8 Å². The third kappa shape index (κ3) is 3.43. The van der Waals surface area contributed by atoms with E-state index >= 15 is 0 Å². The van der Waals surface area contributed by atoms with Gasteiger partial charge in [0.05, 0.1) is 17.9 Å². The fourth-order valence-electron chi connectivity index (χ4n) is 2.41. The smallest absolute Gasteiger partial charge is 0.434 e. The number of hydrogen-bond acceptors (Lipinski definition) is 7. The summed E-state index contributed by atoms with van der Waals surface area (Å²) in [6.45, 7) is 4.11. The molecule has 2 rings (SSSR count). The van der Waals surface area contributed by atoms with Crippen LogP contribution < -0.4 is 15.8 Å². The van der Waals surface area contributed by atoms with Crippen LogP contribution in [0.5, 0.6) is 6.01 Å². The average molecular weight is 397 g/mol. The molecule has 2 heterocycles. The zero-order valence-electron chi connectivity index (χ0n) is 14.6. The van der Waals surface area contributed by atoms with Crippen LogP contribution in [0.2, 0.25) is 0 Å². The molecule has 0 bridgehead atoms. The van der Waals surface area contributed by atoms with Crippen molar-refractivity contribution in [1.82, 2.24) is 15.0 Å². The molecular weight excluding hydrogens is 379 g/mol. The molecule has 1 N–H and O–H groups in total.